The molecule has 2 aromatic carbocycles. The summed E-state index contributed by atoms with van der Waals surface area (Å²) in [4.78, 5) is 30.7. The van der Waals surface area contributed by atoms with Crippen molar-refractivity contribution >= 4 is 27.7 Å². The second-order valence-electron chi connectivity index (χ2n) is 9.35. The molecule has 1 saturated heterocycles. The summed E-state index contributed by atoms with van der Waals surface area (Å²) in [5, 5.41) is 2.47. The first-order chi connectivity index (χ1) is 16.9. The minimum absolute atomic E-state index is 0.0710. The lowest BCUT2D eigenvalue weighted by atomic mass is 9.89. The van der Waals surface area contributed by atoms with Crippen LogP contribution in [0.15, 0.2) is 41.4 Å². The molecule has 0 aromatic heterocycles. The Bertz CT molecular complexity index is 1330. The molecule has 0 unspecified atom stereocenters. The van der Waals surface area contributed by atoms with Crippen LogP contribution in [0.1, 0.15) is 39.9 Å². The van der Waals surface area contributed by atoms with E-state index in [9.17, 15) is 26.8 Å². The van der Waals surface area contributed by atoms with Crippen LogP contribution in [-0.4, -0.2) is 73.7 Å². The summed E-state index contributed by atoms with van der Waals surface area (Å²) in [6.07, 6.45) is 0.498. The average Bonchev–Trinajstić information content (AvgIpc) is 3.12. The number of aryl methyl sites for hydroxylation is 2. The van der Waals surface area contributed by atoms with Gasteiger partial charge in [-0.05, 0) is 61.6 Å². The van der Waals surface area contributed by atoms with Crippen LogP contribution in [0.4, 0.5) is 8.78 Å². The lowest BCUT2D eigenvalue weighted by Gasteiger charge is -2.34. The zero-order chi connectivity index (χ0) is 26.3. The molecule has 2 aliphatic rings. The summed E-state index contributed by atoms with van der Waals surface area (Å²) in [7, 11) is -0.289. The van der Waals surface area contributed by atoms with E-state index in [0.717, 1.165) is 23.3 Å². The van der Waals surface area contributed by atoms with Crippen molar-refractivity contribution in [3.8, 4) is 0 Å². The van der Waals surface area contributed by atoms with Crippen molar-refractivity contribution < 1.29 is 26.8 Å². The summed E-state index contributed by atoms with van der Waals surface area (Å²) in [6, 6.07) is 8.61. The van der Waals surface area contributed by atoms with E-state index in [0.29, 0.717) is 5.56 Å². The quantitative estimate of drug-likeness (QED) is 0.634. The Morgan fingerprint density at radius 2 is 1.78 bits per heavy atom. The molecule has 0 aliphatic carbocycles. The SMILES string of the molecule is Cc1cc(C(=O)N(C)C)ccc1CCS(=O)(=O)N1CCC2(CC1)N=C(c1c(F)cccc1F)NC2=O. The molecule has 11 heteroatoms. The predicted octanol–water partition coefficient (Wildman–Crippen LogP) is 2.26. The maximum absolute atomic E-state index is 14.2. The Morgan fingerprint density at radius 1 is 1.14 bits per heavy atom. The second kappa shape index (κ2) is 9.70. The first-order valence-corrected chi connectivity index (χ1v) is 13.2. The number of sulfonamides is 1. The molecule has 1 fully saturated rings. The number of hydrogen-bond acceptors (Lipinski definition) is 5. The first-order valence-electron chi connectivity index (χ1n) is 11.6. The summed E-state index contributed by atoms with van der Waals surface area (Å²) in [5.41, 5.74) is 0.558. The normalized spacial score (nSPS) is 17.7. The van der Waals surface area contributed by atoms with Crippen LogP contribution in [0.3, 0.4) is 0 Å². The van der Waals surface area contributed by atoms with Gasteiger partial charge in [0.1, 0.15) is 23.0 Å². The summed E-state index contributed by atoms with van der Waals surface area (Å²) in [6.45, 7) is 1.98. The van der Waals surface area contributed by atoms with E-state index in [4.69, 9.17) is 0 Å². The molecule has 0 atom stereocenters. The van der Waals surface area contributed by atoms with Crippen LogP contribution in [0.25, 0.3) is 0 Å². The molecular weight excluding hydrogens is 490 g/mol. The minimum atomic E-state index is -3.62. The molecule has 2 amide bonds. The molecule has 8 nitrogen and oxygen atoms in total. The number of amidine groups is 1. The van der Waals surface area contributed by atoms with Gasteiger partial charge in [-0.1, -0.05) is 12.1 Å². The number of piperidine rings is 1. The summed E-state index contributed by atoms with van der Waals surface area (Å²) < 4.78 is 55.7. The third kappa shape index (κ3) is 4.90. The van der Waals surface area contributed by atoms with Gasteiger partial charge in [-0.15, -0.1) is 0 Å². The number of benzene rings is 2. The fourth-order valence-electron chi connectivity index (χ4n) is 4.57. The van der Waals surface area contributed by atoms with Crippen LogP contribution in [0.5, 0.6) is 0 Å². The van der Waals surface area contributed by atoms with Gasteiger partial charge in [0.05, 0.1) is 11.3 Å². The predicted molar refractivity (Wildman–Crippen MR) is 131 cm³/mol. The van der Waals surface area contributed by atoms with Gasteiger partial charge < -0.3 is 10.2 Å². The number of nitrogens with zero attached hydrogens (tertiary/aromatic N) is 3. The Hall–Kier alpha value is -3.18. The third-order valence-corrected chi connectivity index (χ3v) is 8.62. The van der Waals surface area contributed by atoms with Crippen LogP contribution < -0.4 is 5.32 Å². The van der Waals surface area contributed by atoms with Gasteiger partial charge in [0.2, 0.25) is 10.0 Å². The molecule has 0 radical (unpaired) electrons. The van der Waals surface area contributed by atoms with Crippen LogP contribution in [0, 0.1) is 18.6 Å². The molecule has 2 aliphatic heterocycles. The lowest BCUT2D eigenvalue weighted by molar-refractivity contribution is -0.124. The maximum Gasteiger partial charge on any atom is 0.253 e. The number of aliphatic imine (C=N–C) groups is 1. The van der Waals surface area contributed by atoms with E-state index < -0.39 is 38.7 Å². The van der Waals surface area contributed by atoms with Crippen molar-refractivity contribution in [2.45, 2.75) is 31.7 Å². The van der Waals surface area contributed by atoms with Crippen LogP contribution >= 0.6 is 0 Å². The van der Waals surface area contributed by atoms with E-state index in [1.54, 1.807) is 32.3 Å². The maximum atomic E-state index is 14.2. The zero-order valence-electron chi connectivity index (χ0n) is 20.3. The standard InChI is InChI=1S/C25H28F2N4O4S/c1-16-15-18(23(32)30(2)3)8-7-17(16)9-14-36(34,35)31-12-10-25(11-13-31)24(33)28-22(29-25)21-19(26)5-4-6-20(21)27/h4-8,15H,9-14H2,1-3H3,(H,28,29,33). The number of carbonyl (C=O) groups excluding carboxylic acids is 2. The first kappa shape index (κ1) is 25.9. The smallest absolute Gasteiger partial charge is 0.253 e. The highest BCUT2D eigenvalue weighted by atomic mass is 32.2. The van der Waals surface area contributed by atoms with Gasteiger partial charge in [0, 0.05) is 32.7 Å². The fourth-order valence-corrected chi connectivity index (χ4v) is 6.04. The Balaban J connectivity index is 1.42. The minimum Gasteiger partial charge on any atom is -0.345 e. The number of halogens is 2. The number of carbonyl (C=O) groups is 2. The van der Waals surface area contributed by atoms with Crippen molar-refractivity contribution in [2.24, 2.45) is 4.99 Å². The highest BCUT2D eigenvalue weighted by molar-refractivity contribution is 7.89. The number of rotatable bonds is 6. The monoisotopic (exact) mass is 518 g/mol. The van der Waals surface area contributed by atoms with Gasteiger partial charge in [-0.2, -0.15) is 0 Å². The van der Waals surface area contributed by atoms with E-state index in [-0.39, 0.29) is 49.8 Å². The van der Waals surface area contributed by atoms with Crippen molar-refractivity contribution in [1.29, 1.82) is 0 Å². The topological polar surface area (TPSA) is 99.2 Å². The molecule has 36 heavy (non-hydrogen) atoms. The largest absolute Gasteiger partial charge is 0.345 e. The number of nitrogens with one attached hydrogen (secondary N) is 1. The van der Waals surface area contributed by atoms with E-state index in [1.165, 1.54) is 15.3 Å². The molecule has 0 bridgehead atoms. The van der Waals surface area contributed by atoms with Gasteiger partial charge in [-0.3, -0.25) is 14.6 Å². The van der Waals surface area contributed by atoms with Crippen molar-refractivity contribution in [3.63, 3.8) is 0 Å². The van der Waals surface area contributed by atoms with Gasteiger partial charge >= 0.3 is 0 Å². The molecule has 4 rings (SSSR count). The fraction of sp³-hybridized carbons (Fsp3) is 0.400. The van der Waals surface area contributed by atoms with E-state index >= 15 is 0 Å². The van der Waals surface area contributed by atoms with E-state index in [1.807, 2.05) is 6.92 Å². The van der Waals surface area contributed by atoms with Crippen molar-refractivity contribution in [1.82, 2.24) is 14.5 Å². The van der Waals surface area contributed by atoms with Crippen molar-refractivity contribution in [2.75, 3.05) is 32.9 Å². The molecule has 2 aromatic rings. The number of hydrogen-bond donors (Lipinski definition) is 1. The van der Waals surface area contributed by atoms with Crippen LogP contribution in [-0.2, 0) is 21.2 Å². The molecule has 1 N–H and O–H groups in total. The molecule has 0 saturated carbocycles. The third-order valence-electron chi connectivity index (χ3n) is 6.75. The summed E-state index contributed by atoms with van der Waals surface area (Å²) >= 11 is 0. The average molecular weight is 519 g/mol. The van der Waals surface area contributed by atoms with E-state index in [2.05, 4.69) is 10.3 Å². The Labute approximate surface area is 209 Å². The molecule has 1 spiro atoms. The zero-order valence-corrected chi connectivity index (χ0v) is 21.2. The van der Waals surface area contributed by atoms with Crippen molar-refractivity contribution in [3.05, 3.63) is 70.3 Å². The highest BCUT2D eigenvalue weighted by Crippen LogP contribution is 2.33. The second-order valence-corrected chi connectivity index (χ2v) is 11.4. The molecule has 2 heterocycles. The van der Waals surface area contributed by atoms with Gasteiger partial charge in [-0.25, -0.2) is 21.5 Å². The Morgan fingerprint density at radius 3 is 2.36 bits per heavy atom. The van der Waals surface area contributed by atoms with Gasteiger partial charge in [0.25, 0.3) is 11.8 Å². The molecule has 192 valence electrons. The molecular formula is C25H28F2N4O4S. The lowest BCUT2D eigenvalue weighted by Crippen LogP contribution is -2.50. The highest BCUT2D eigenvalue weighted by Gasteiger charge is 2.48. The Kier molecular flexibility index (Phi) is 6.98. The summed E-state index contributed by atoms with van der Waals surface area (Å²) in [5.74, 6) is -2.57. The number of amides is 2. The van der Waals surface area contributed by atoms with Crippen LogP contribution in [0.2, 0.25) is 0 Å². The van der Waals surface area contributed by atoms with Gasteiger partial charge in [0.15, 0.2) is 0 Å².